The second-order valence-corrected chi connectivity index (χ2v) is 4.97. The number of unbranched alkanes of at least 4 members (excludes halogenated alkanes) is 3. The highest BCUT2D eigenvalue weighted by Gasteiger charge is 2.06. The Hall–Kier alpha value is -1.25. The molecular formula is C16H26FNO. The fourth-order valence-corrected chi connectivity index (χ4v) is 2.10. The Bertz CT molecular complexity index is 368. The van der Waals surface area contributed by atoms with Gasteiger partial charge in [-0.3, -0.25) is 0 Å². The van der Waals surface area contributed by atoms with E-state index >= 15 is 0 Å². The molecule has 2 nitrogen and oxygen atoms in total. The van der Waals surface area contributed by atoms with Gasteiger partial charge in [0.1, 0.15) is 0 Å². The van der Waals surface area contributed by atoms with E-state index in [0.29, 0.717) is 18.4 Å². The van der Waals surface area contributed by atoms with Crippen molar-refractivity contribution in [1.29, 1.82) is 0 Å². The van der Waals surface area contributed by atoms with Gasteiger partial charge in [0.15, 0.2) is 11.6 Å². The van der Waals surface area contributed by atoms with Crippen LogP contribution in [-0.2, 0) is 0 Å². The van der Waals surface area contributed by atoms with Crippen LogP contribution >= 0.6 is 0 Å². The summed E-state index contributed by atoms with van der Waals surface area (Å²) in [7, 11) is 0. The zero-order valence-electron chi connectivity index (χ0n) is 12.3. The molecule has 0 aliphatic rings. The molecule has 0 saturated carbocycles. The van der Waals surface area contributed by atoms with Gasteiger partial charge in [0.25, 0.3) is 0 Å². The molecule has 1 rings (SSSR count). The van der Waals surface area contributed by atoms with E-state index in [1.165, 1.54) is 31.7 Å². The summed E-state index contributed by atoms with van der Waals surface area (Å²) in [6.07, 6.45) is 6.17. The van der Waals surface area contributed by atoms with Crippen LogP contribution in [0.5, 0.6) is 5.75 Å². The van der Waals surface area contributed by atoms with Crippen LogP contribution in [0.25, 0.3) is 0 Å². The van der Waals surface area contributed by atoms with Crippen LogP contribution in [0.15, 0.2) is 18.2 Å². The lowest BCUT2D eigenvalue weighted by Gasteiger charge is -2.16. The maximum absolute atomic E-state index is 13.7. The Morgan fingerprint density at radius 3 is 2.63 bits per heavy atom. The average Bonchev–Trinajstić information content (AvgIpc) is 2.38. The van der Waals surface area contributed by atoms with Gasteiger partial charge in [0, 0.05) is 17.8 Å². The Labute approximate surface area is 116 Å². The largest absolute Gasteiger partial charge is 0.491 e. The molecule has 3 heteroatoms. The van der Waals surface area contributed by atoms with E-state index in [0.717, 1.165) is 12.1 Å². The predicted octanol–water partition coefficient (Wildman–Crippen LogP) is 5.00. The van der Waals surface area contributed by atoms with E-state index in [2.05, 4.69) is 19.2 Å². The summed E-state index contributed by atoms with van der Waals surface area (Å²) in [4.78, 5) is 0. The zero-order valence-corrected chi connectivity index (χ0v) is 12.3. The van der Waals surface area contributed by atoms with Gasteiger partial charge in [-0.1, -0.05) is 32.6 Å². The van der Waals surface area contributed by atoms with Crippen LogP contribution < -0.4 is 10.1 Å². The highest BCUT2D eigenvalue weighted by atomic mass is 19.1. The lowest BCUT2D eigenvalue weighted by atomic mass is 10.1. The van der Waals surface area contributed by atoms with Crippen LogP contribution in [0, 0.1) is 5.82 Å². The number of ether oxygens (including phenoxy) is 1. The molecule has 1 N–H and O–H groups in total. The van der Waals surface area contributed by atoms with E-state index in [1.54, 1.807) is 6.07 Å². The molecule has 0 amide bonds. The van der Waals surface area contributed by atoms with Gasteiger partial charge < -0.3 is 10.1 Å². The Balaban J connectivity index is 2.41. The number of nitrogens with one attached hydrogen (secondary N) is 1. The highest BCUT2D eigenvalue weighted by molar-refractivity contribution is 5.47. The summed E-state index contributed by atoms with van der Waals surface area (Å²) >= 11 is 0. The van der Waals surface area contributed by atoms with E-state index in [1.807, 2.05) is 13.0 Å². The van der Waals surface area contributed by atoms with Crippen LogP contribution in [0.3, 0.4) is 0 Å². The van der Waals surface area contributed by atoms with Crippen molar-refractivity contribution in [3.05, 3.63) is 24.0 Å². The molecule has 0 radical (unpaired) electrons. The zero-order chi connectivity index (χ0) is 14.1. The van der Waals surface area contributed by atoms with Gasteiger partial charge >= 0.3 is 0 Å². The number of anilines is 1. The third-order valence-corrected chi connectivity index (χ3v) is 3.14. The van der Waals surface area contributed by atoms with Gasteiger partial charge in [-0.25, -0.2) is 4.39 Å². The molecule has 0 aliphatic carbocycles. The molecule has 0 fully saturated rings. The fraction of sp³-hybridized carbons (Fsp3) is 0.625. The topological polar surface area (TPSA) is 21.3 Å². The molecule has 1 aromatic carbocycles. The Morgan fingerprint density at radius 2 is 2.00 bits per heavy atom. The van der Waals surface area contributed by atoms with Gasteiger partial charge in [0.05, 0.1) is 6.61 Å². The number of halogens is 1. The van der Waals surface area contributed by atoms with Crippen molar-refractivity contribution >= 4 is 5.69 Å². The molecule has 0 bridgehead atoms. The van der Waals surface area contributed by atoms with E-state index in [9.17, 15) is 4.39 Å². The first kappa shape index (κ1) is 15.8. The normalized spacial score (nSPS) is 12.2. The summed E-state index contributed by atoms with van der Waals surface area (Å²) in [5.74, 6) is 0.0219. The maximum atomic E-state index is 13.7. The predicted molar refractivity (Wildman–Crippen MR) is 79.4 cm³/mol. The third kappa shape index (κ3) is 5.95. The lowest BCUT2D eigenvalue weighted by Crippen LogP contribution is -2.15. The molecule has 1 unspecified atom stereocenters. The van der Waals surface area contributed by atoms with E-state index in [-0.39, 0.29) is 5.82 Å². The van der Waals surface area contributed by atoms with E-state index in [4.69, 9.17) is 4.74 Å². The van der Waals surface area contributed by atoms with Crippen molar-refractivity contribution in [3.8, 4) is 5.75 Å². The number of hydrogen-bond donors (Lipinski definition) is 1. The van der Waals surface area contributed by atoms with Gasteiger partial charge in [-0.05, 0) is 32.4 Å². The SMILES string of the molecule is CCCCCCC(C)Nc1ccc(OCC)c(F)c1. The van der Waals surface area contributed by atoms with Crippen LogP contribution in [0.4, 0.5) is 10.1 Å². The minimum Gasteiger partial charge on any atom is -0.491 e. The monoisotopic (exact) mass is 267 g/mol. The van der Waals surface area contributed by atoms with Crippen molar-refractivity contribution in [2.75, 3.05) is 11.9 Å². The van der Waals surface area contributed by atoms with Crippen LogP contribution in [0.2, 0.25) is 0 Å². The van der Waals surface area contributed by atoms with Crippen molar-refractivity contribution in [2.45, 2.75) is 58.9 Å². The highest BCUT2D eigenvalue weighted by Crippen LogP contribution is 2.22. The van der Waals surface area contributed by atoms with Crippen LogP contribution in [0.1, 0.15) is 52.9 Å². The number of rotatable bonds is 9. The molecule has 0 heterocycles. The number of hydrogen-bond acceptors (Lipinski definition) is 2. The standard InChI is InChI=1S/C16H26FNO/c1-4-6-7-8-9-13(3)18-14-10-11-16(19-5-2)15(17)12-14/h10-13,18H,4-9H2,1-3H3. The Kier molecular flexibility index (Phi) is 7.31. The lowest BCUT2D eigenvalue weighted by molar-refractivity contribution is 0.321. The average molecular weight is 267 g/mol. The maximum Gasteiger partial charge on any atom is 0.167 e. The minimum absolute atomic E-state index is 0.301. The smallest absolute Gasteiger partial charge is 0.167 e. The Morgan fingerprint density at radius 1 is 1.21 bits per heavy atom. The molecule has 1 aromatic rings. The van der Waals surface area contributed by atoms with E-state index < -0.39 is 0 Å². The third-order valence-electron chi connectivity index (χ3n) is 3.14. The fourth-order valence-electron chi connectivity index (χ4n) is 2.10. The molecule has 0 aliphatic heterocycles. The molecule has 0 saturated heterocycles. The molecule has 1 atom stereocenters. The van der Waals surface area contributed by atoms with Crippen molar-refractivity contribution in [2.24, 2.45) is 0 Å². The summed E-state index contributed by atoms with van der Waals surface area (Å²) in [5.41, 5.74) is 0.823. The van der Waals surface area contributed by atoms with Gasteiger partial charge in [0.2, 0.25) is 0 Å². The number of benzene rings is 1. The summed E-state index contributed by atoms with van der Waals surface area (Å²) in [6.45, 7) is 6.69. The van der Waals surface area contributed by atoms with Gasteiger partial charge in [-0.2, -0.15) is 0 Å². The molecular weight excluding hydrogens is 241 g/mol. The molecule has 108 valence electrons. The van der Waals surface area contributed by atoms with Crippen LogP contribution in [-0.4, -0.2) is 12.6 Å². The van der Waals surface area contributed by atoms with Crippen molar-refractivity contribution in [1.82, 2.24) is 0 Å². The molecule has 0 aromatic heterocycles. The first-order chi connectivity index (χ1) is 9.17. The summed E-state index contributed by atoms with van der Waals surface area (Å²) < 4.78 is 18.9. The summed E-state index contributed by atoms with van der Waals surface area (Å²) in [5, 5.41) is 3.33. The van der Waals surface area contributed by atoms with Crippen molar-refractivity contribution in [3.63, 3.8) is 0 Å². The summed E-state index contributed by atoms with van der Waals surface area (Å²) in [6, 6.07) is 5.43. The second kappa shape index (κ2) is 8.78. The first-order valence-corrected chi connectivity index (χ1v) is 7.36. The second-order valence-electron chi connectivity index (χ2n) is 4.97. The first-order valence-electron chi connectivity index (χ1n) is 7.36. The van der Waals surface area contributed by atoms with Crippen molar-refractivity contribution < 1.29 is 9.13 Å². The molecule has 0 spiro atoms. The minimum atomic E-state index is -0.301. The molecule has 19 heavy (non-hydrogen) atoms. The van der Waals surface area contributed by atoms with Gasteiger partial charge in [-0.15, -0.1) is 0 Å². The quantitative estimate of drug-likeness (QED) is 0.636.